The average molecular weight is 399 g/mol. The van der Waals surface area contributed by atoms with E-state index in [9.17, 15) is 22.8 Å². The number of anilines is 2. The largest absolute Gasteiger partial charge is 0.351 e. The van der Waals surface area contributed by atoms with Crippen LogP contribution in [0.1, 0.15) is 22.8 Å². The predicted octanol–water partition coefficient (Wildman–Crippen LogP) is 4.89. The number of primary amides is 1. The Hall–Kier alpha value is -3.68. The third-order valence-corrected chi connectivity index (χ3v) is 4.31. The maximum Gasteiger partial charge on any atom is 0.325 e. The number of Topliss-reactive ketones (excluding diaryl/α,β-unsaturated/α-hetero) is 1. The standard InChI is InChI=1S/C21H16F3N3O2/c1-11-10-13(22)6-7-14(11)19-15(12(2)28)8-9-18(26-19)27(21(25)29)20-16(23)4-3-5-17(20)24/h3-10H,1-2H3,(H2,25,29). The lowest BCUT2D eigenvalue weighted by atomic mass is 9.99. The minimum atomic E-state index is -1.17. The van der Waals surface area contributed by atoms with Crippen molar-refractivity contribution < 1.29 is 22.8 Å². The Labute approximate surface area is 164 Å². The summed E-state index contributed by atoms with van der Waals surface area (Å²) in [6, 6.07) is 8.45. The number of aryl methyl sites for hydroxylation is 1. The monoisotopic (exact) mass is 399 g/mol. The zero-order valence-corrected chi connectivity index (χ0v) is 15.5. The van der Waals surface area contributed by atoms with Crippen LogP contribution in [0.2, 0.25) is 0 Å². The van der Waals surface area contributed by atoms with Gasteiger partial charge in [-0.25, -0.2) is 27.8 Å². The first-order valence-electron chi connectivity index (χ1n) is 8.52. The fourth-order valence-electron chi connectivity index (χ4n) is 3.00. The summed E-state index contributed by atoms with van der Waals surface area (Å²) in [5.41, 5.74) is 5.93. The Kier molecular flexibility index (Phi) is 5.36. The third kappa shape index (κ3) is 3.82. The van der Waals surface area contributed by atoms with Gasteiger partial charge in [-0.3, -0.25) is 4.79 Å². The van der Waals surface area contributed by atoms with E-state index in [1.165, 1.54) is 37.3 Å². The van der Waals surface area contributed by atoms with Gasteiger partial charge in [-0.15, -0.1) is 0 Å². The molecule has 0 aliphatic heterocycles. The number of nitrogens with zero attached hydrogens (tertiary/aromatic N) is 2. The summed E-state index contributed by atoms with van der Waals surface area (Å²) in [5.74, 6) is -3.02. The molecule has 5 nitrogen and oxygen atoms in total. The van der Waals surface area contributed by atoms with E-state index in [-0.39, 0.29) is 22.9 Å². The highest BCUT2D eigenvalue weighted by Gasteiger charge is 2.25. The molecule has 0 radical (unpaired) electrons. The van der Waals surface area contributed by atoms with Crippen LogP contribution < -0.4 is 10.6 Å². The summed E-state index contributed by atoms with van der Waals surface area (Å²) in [7, 11) is 0. The van der Waals surface area contributed by atoms with Crippen LogP contribution in [-0.2, 0) is 0 Å². The fraction of sp³-hybridized carbons (Fsp3) is 0.0952. The van der Waals surface area contributed by atoms with Crippen molar-refractivity contribution in [2.24, 2.45) is 5.73 Å². The Morgan fingerprint density at radius 1 is 1.00 bits per heavy atom. The van der Waals surface area contributed by atoms with Gasteiger partial charge in [0, 0.05) is 11.1 Å². The van der Waals surface area contributed by atoms with E-state index in [1.54, 1.807) is 6.92 Å². The summed E-state index contributed by atoms with van der Waals surface area (Å²) in [5, 5.41) is 0. The molecule has 0 unspecified atom stereocenters. The van der Waals surface area contributed by atoms with Crippen LogP contribution in [0.4, 0.5) is 29.5 Å². The molecule has 2 N–H and O–H groups in total. The number of benzene rings is 2. The van der Waals surface area contributed by atoms with Gasteiger partial charge in [-0.05, 0) is 61.9 Å². The summed E-state index contributed by atoms with van der Waals surface area (Å²) in [6.45, 7) is 2.94. The first kappa shape index (κ1) is 20.1. The molecule has 8 heteroatoms. The van der Waals surface area contributed by atoms with Crippen molar-refractivity contribution in [3.8, 4) is 11.3 Å². The molecule has 2 amide bonds. The first-order chi connectivity index (χ1) is 13.7. The van der Waals surface area contributed by atoms with Gasteiger partial charge in [0.25, 0.3) is 0 Å². The van der Waals surface area contributed by atoms with Crippen molar-refractivity contribution >= 4 is 23.3 Å². The van der Waals surface area contributed by atoms with Crippen molar-refractivity contribution in [2.75, 3.05) is 4.90 Å². The van der Waals surface area contributed by atoms with E-state index in [4.69, 9.17) is 5.73 Å². The summed E-state index contributed by atoms with van der Waals surface area (Å²) < 4.78 is 42.1. The lowest BCUT2D eigenvalue weighted by molar-refractivity contribution is 0.101. The van der Waals surface area contributed by atoms with Gasteiger partial charge in [0.1, 0.15) is 29.0 Å². The molecule has 0 fully saturated rings. The number of hydrogen-bond donors (Lipinski definition) is 1. The zero-order chi connectivity index (χ0) is 21.3. The van der Waals surface area contributed by atoms with E-state index < -0.39 is 29.2 Å². The Morgan fingerprint density at radius 2 is 1.66 bits per heavy atom. The predicted molar refractivity (Wildman–Crippen MR) is 102 cm³/mol. The van der Waals surface area contributed by atoms with Crippen LogP contribution in [0.5, 0.6) is 0 Å². The highest BCUT2D eigenvalue weighted by Crippen LogP contribution is 2.33. The van der Waals surface area contributed by atoms with Gasteiger partial charge in [0.2, 0.25) is 0 Å². The molecule has 29 heavy (non-hydrogen) atoms. The van der Waals surface area contributed by atoms with Crippen molar-refractivity contribution in [1.29, 1.82) is 0 Å². The van der Waals surface area contributed by atoms with E-state index in [0.29, 0.717) is 16.0 Å². The second kappa shape index (κ2) is 7.75. The number of rotatable bonds is 4. The molecule has 3 rings (SSSR count). The van der Waals surface area contributed by atoms with Crippen LogP contribution in [0, 0.1) is 24.4 Å². The third-order valence-electron chi connectivity index (χ3n) is 4.31. The van der Waals surface area contributed by atoms with Crippen LogP contribution in [0.25, 0.3) is 11.3 Å². The molecule has 0 bridgehead atoms. The summed E-state index contributed by atoms with van der Waals surface area (Å²) in [6.07, 6.45) is 0. The molecule has 0 saturated carbocycles. The number of amides is 2. The molecular formula is C21H16F3N3O2. The number of para-hydroxylation sites is 1. The topological polar surface area (TPSA) is 76.3 Å². The maximum atomic E-state index is 14.3. The maximum absolute atomic E-state index is 14.3. The Bertz CT molecular complexity index is 1110. The molecule has 2 aromatic carbocycles. The molecule has 0 spiro atoms. The molecule has 1 heterocycles. The zero-order valence-electron chi connectivity index (χ0n) is 15.5. The van der Waals surface area contributed by atoms with Crippen molar-refractivity contribution in [3.63, 3.8) is 0 Å². The summed E-state index contributed by atoms with van der Waals surface area (Å²) >= 11 is 0. The average Bonchev–Trinajstić information content (AvgIpc) is 2.64. The molecule has 0 saturated heterocycles. The van der Waals surface area contributed by atoms with Crippen molar-refractivity contribution in [1.82, 2.24) is 4.98 Å². The molecule has 0 aliphatic carbocycles. The van der Waals surface area contributed by atoms with Gasteiger partial charge in [-0.2, -0.15) is 0 Å². The number of carbonyl (C=O) groups excluding carboxylic acids is 2. The molecular weight excluding hydrogens is 383 g/mol. The first-order valence-corrected chi connectivity index (χ1v) is 8.52. The normalized spacial score (nSPS) is 10.7. The van der Waals surface area contributed by atoms with Crippen molar-refractivity contribution in [3.05, 3.63) is 77.1 Å². The van der Waals surface area contributed by atoms with E-state index >= 15 is 0 Å². The minimum Gasteiger partial charge on any atom is -0.351 e. The van der Waals surface area contributed by atoms with E-state index in [2.05, 4.69) is 4.98 Å². The second-order valence-corrected chi connectivity index (χ2v) is 6.32. The number of nitrogens with two attached hydrogens (primary N) is 1. The summed E-state index contributed by atoms with van der Waals surface area (Å²) in [4.78, 5) is 29.0. The fourth-order valence-corrected chi connectivity index (χ4v) is 3.00. The van der Waals surface area contributed by atoms with Gasteiger partial charge >= 0.3 is 6.03 Å². The lowest BCUT2D eigenvalue weighted by Gasteiger charge is -2.22. The quantitative estimate of drug-likeness (QED) is 0.635. The molecule has 0 atom stereocenters. The Morgan fingerprint density at radius 3 is 2.21 bits per heavy atom. The second-order valence-electron chi connectivity index (χ2n) is 6.32. The number of carbonyl (C=O) groups is 2. The SMILES string of the molecule is CC(=O)c1ccc(N(C(N)=O)c2c(F)cccc2F)nc1-c1ccc(F)cc1C. The number of hydrogen-bond acceptors (Lipinski definition) is 3. The molecule has 0 aliphatic rings. The highest BCUT2D eigenvalue weighted by molar-refractivity contribution is 6.02. The van der Waals surface area contributed by atoms with Crippen LogP contribution in [0.3, 0.4) is 0 Å². The Balaban J connectivity index is 2.27. The number of urea groups is 1. The van der Waals surface area contributed by atoms with Gasteiger partial charge in [-0.1, -0.05) is 6.07 Å². The smallest absolute Gasteiger partial charge is 0.325 e. The number of aromatic nitrogens is 1. The van der Waals surface area contributed by atoms with E-state index in [0.717, 1.165) is 18.2 Å². The molecule has 148 valence electrons. The number of ketones is 1. The van der Waals surface area contributed by atoms with Crippen molar-refractivity contribution in [2.45, 2.75) is 13.8 Å². The number of halogens is 3. The lowest BCUT2D eigenvalue weighted by Crippen LogP contribution is -2.33. The van der Waals surface area contributed by atoms with Crippen LogP contribution in [-0.4, -0.2) is 16.8 Å². The highest BCUT2D eigenvalue weighted by atomic mass is 19.1. The molecule has 3 aromatic rings. The van der Waals surface area contributed by atoms with Gasteiger partial charge < -0.3 is 5.73 Å². The molecule has 1 aromatic heterocycles. The van der Waals surface area contributed by atoms with Crippen LogP contribution >= 0.6 is 0 Å². The van der Waals surface area contributed by atoms with Gasteiger partial charge in [0.15, 0.2) is 5.78 Å². The van der Waals surface area contributed by atoms with Crippen LogP contribution in [0.15, 0.2) is 48.5 Å². The minimum absolute atomic E-state index is 0.135. The number of pyridine rings is 1. The van der Waals surface area contributed by atoms with Gasteiger partial charge in [0.05, 0.1) is 5.69 Å². The van der Waals surface area contributed by atoms with E-state index in [1.807, 2.05) is 0 Å².